The summed E-state index contributed by atoms with van der Waals surface area (Å²) in [4.78, 5) is 27.4. The van der Waals surface area contributed by atoms with Crippen LogP contribution in [0.25, 0.3) is 0 Å². The van der Waals surface area contributed by atoms with Crippen molar-refractivity contribution in [2.75, 3.05) is 32.4 Å². The third-order valence-electron chi connectivity index (χ3n) is 3.88. The zero-order chi connectivity index (χ0) is 16.5. The Morgan fingerprint density at radius 1 is 1.05 bits per heavy atom. The van der Waals surface area contributed by atoms with Crippen molar-refractivity contribution in [1.82, 2.24) is 9.80 Å². The van der Waals surface area contributed by atoms with Crippen molar-refractivity contribution in [2.45, 2.75) is 18.7 Å². The van der Waals surface area contributed by atoms with E-state index in [9.17, 15) is 18.0 Å². The van der Waals surface area contributed by atoms with Crippen LogP contribution in [0.4, 0.5) is 0 Å². The molecule has 0 aliphatic carbocycles. The summed E-state index contributed by atoms with van der Waals surface area (Å²) < 4.78 is 23.3. The Morgan fingerprint density at radius 2 is 1.59 bits per heavy atom. The third kappa shape index (κ3) is 3.47. The van der Waals surface area contributed by atoms with Crippen LogP contribution < -0.4 is 0 Å². The number of carbonyl (C=O) groups is 2. The molecule has 0 atom stereocenters. The van der Waals surface area contributed by atoms with Crippen LogP contribution in [0.3, 0.4) is 0 Å². The minimum absolute atomic E-state index is 0.00218. The number of piperazine rings is 1. The summed E-state index contributed by atoms with van der Waals surface area (Å²) in [6.07, 6.45) is 1.12. The average molecular weight is 324 g/mol. The fraction of sp³-hybridized carbons (Fsp3) is 0.467. The fourth-order valence-electron chi connectivity index (χ4n) is 2.46. The first-order valence-electron chi connectivity index (χ1n) is 7.05. The highest BCUT2D eigenvalue weighted by molar-refractivity contribution is 7.90. The summed E-state index contributed by atoms with van der Waals surface area (Å²) >= 11 is 0. The van der Waals surface area contributed by atoms with Crippen LogP contribution in [0.1, 0.15) is 22.8 Å². The topological polar surface area (TPSA) is 74.8 Å². The SMILES string of the molecule is CC(=O)N1CCN(C(=O)c2cc(S(C)(=O)=O)ccc2C)CC1. The maximum absolute atomic E-state index is 12.6. The molecule has 7 heteroatoms. The first-order valence-corrected chi connectivity index (χ1v) is 8.95. The molecular formula is C15H20N2O4S. The zero-order valence-electron chi connectivity index (χ0n) is 13.0. The molecule has 1 saturated heterocycles. The van der Waals surface area contributed by atoms with E-state index >= 15 is 0 Å². The maximum atomic E-state index is 12.6. The van der Waals surface area contributed by atoms with Crippen LogP contribution in [0.15, 0.2) is 23.1 Å². The molecule has 1 aromatic rings. The van der Waals surface area contributed by atoms with Gasteiger partial charge in [0.2, 0.25) is 5.91 Å². The van der Waals surface area contributed by atoms with E-state index in [1.54, 1.807) is 22.8 Å². The van der Waals surface area contributed by atoms with Crippen molar-refractivity contribution < 1.29 is 18.0 Å². The minimum Gasteiger partial charge on any atom is -0.339 e. The Labute approximate surface area is 130 Å². The van der Waals surface area contributed by atoms with Gasteiger partial charge in [0.1, 0.15) is 0 Å². The minimum atomic E-state index is -3.35. The highest BCUT2D eigenvalue weighted by Gasteiger charge is 2.25. The number of sulfone groups is 1. The predicted octanol–water partition coefficient (Wildman–Crippen LogP) is 0.703. The smallest absolute Gasteiger partial charge is 0.254 e. The molecule has 1 aliphatic heterocycles. The van der Waals surface area contributed by atoms with Crippen LogP contribution in [-0.4, -0.2) is 62.5 Å². The number of aryl methyl sites for hydroxylation is 1. The maximum Gasteiger partial charge on any atom is 0.254 e. The monoisotopic (exact) mass is 324 g/mol. The largest absolute Gasteiger partial charge is 0.339 e. The van der Waals surface area contributed by atoms with E-state index in [4.69, 9.17) is 0 Å². The van der Waals surface area contributed by atoms with Gasteiger partial charge in [0.25, 0.3) is 5.91 Å². The summed E-state index contributed by atoms with van der Waals surface area (Å²) in [6, 6.07) is 4.59. The van der Waals surface area contributed by atoms with Gasteiger partial charge in [0.15, 0.2) is 9.84 Å². The van der Waals surface area contributed by atoms with Gasteiger partial charge in [0.05, 0.1) is 4.90 Å². The Morgan fingerprint density at radius 3 is 2.09 bits per heavy atom. The van der Waals surface area contributed by atoms with Gasteiger partial charge >= 0.3 is 0 Å². The molecule has 120 valence electrons. The van der Waals surface area contributed by atoms with Gasteiger partial charge in [-0.1, -0.05) is 6.07 Å². The molecule has 0 spiro atoms. The van der Waals surface area contributed by atoms with Crippen molar-refractivity contribution in [3.05, 3.63) is 29.3 Å². The normalized spacial score (nSPS) is 15.8. The highest BCUT2D eigenvalue weighted by atomic mass is 32.2. The van der Waals surface area contributed by atoms with Crippen LogP contribution in [0, 0.1) is 6.92 Å². The summed E-state index contributed by atoms with van der Waals surface area (Å²) in [5, 5.41) is 0. The molecule has 1 fully saturated rings. The van der Waals surface area contributed by atoms with Crippen LogP contribution in [-0.2, 0) is 14.6 Å². The lowest BCUT2D eigenvalue weighted by Gasteiger charge is -2.34. The molecule has 2 amide bonds. The molecule has 6 nitrogen and oxygen atoms in total. The molecule has 1 aliphatic rings. The number of hydrogen-bond donors (Lipinski definition) is 0. The van der Waals surface area contributed by atoms with Crippen LogP contribution in [0.2, 0.25) is 0 Å². The van der Waals surface area contributed by atoms with Crippen LogP contribution in [0.5, 0.6) is 0 Å². The second-order valence-electron chi connectivity index (χ2n) is 5.55. The predicted molar refractivity (Wildman–Crippen MR) is 82.4 cm³/mol. The van der Waals surface area contributed by atoms with E-state index in [-0.39, 0.29) is 16.7 Å². The van der Waals surface area contributed by atoms with E-state index in [1.165, 1.54) is 19.1 Å². The van der Waals surface area contributed by atoms with Gasteiger partial charge in [-0.05, 0) is 24.6 Å². The second kappa shape index (κ2) is 6.08. The third-order valence-corrected chi connectivity index (χ3v) is 4.99. The molecule has 0 saturated carbocycles. The molecular weight excluding hydrogens is 304 g/mol. The number of nitrogens with zero attached hydrogens (tertiary/aromatic N) is 2. The number of rotatable bonds is 2. The van der Waals surface area contributed by atoms with Gasteiger partial charge in [-0.3, -0.25) is 9.59 Å². The number of carbonyl (C=O) groups excluding carboxylic acids is 2. The van der Waals surface area contributed by atoms with E-state index in [1.807, 2.05) is 0 Å². The highest BCUT2D eigenvalue weighted by Crippen LogP contribution is 2.18. The molecule has 0 bridgehead atoms. The lowest BCUT2D eigenvalue weighted by atomic mass is 10.1. The molecule has 0 unspecified atom stereocenters. The summed E-state index contributed by atoms with van der Waals surface area (Å²) in [5.41, 5.74) is 1.14. The number of benzene rings is 1. The van der Waals surface area contributed by atoms with E-state index < -0.39 is 9.84 Å². The lowest BCUT2D eigenvalue weighted by molar-refractivity contribution is -0.130. The Balaban J connectivity index is 2.22. The molecule has 2 rings (SSSR count). The molecule has 0 radical (unpaired) electrons. The van der Waals surface area contributed by atoms with E-state index in [2.05, 4.69) is 0 Å². The van der Waals surface area contributed by atoms with Gasteiger partial charge < -0.3 is 9.80 Å². The first kappa shape index (κ1) is 16.5. The van der Waals surface area contributed by atoms with Crippen molar-refractivity contribution >= 4 is 21.7 Å². The number of amides is 2. The average Bonchev–Trinajstić information content (AvgIpc) is 2.46. The van der Waals surface area contributed by atoms with Crippen molar-refractivity contribution in [1.29, 1.82) is 0 Å². The second-order valence-corrected chi connectivity index (χ2v) is 7.56. The Bertz CT molecular complexity index is 704. The quantitative estimate of drug-likeness (QED) is 0.803. The van der Waals surface area contributed by atoms with Crippen molar-refractivity contribution in [3.8, 4) is 0 Å². The summed E-state index contributed by atoms with van der Waals surface area (Å²) in [5.74, 6) is -0.187. The molecule has 1 heterocycles. The van der Waals surface area contributed by atoms with Gasteiger partial charge in [-0.15, -0.1) is 0 Å². The fourth-order valence-corrected chi connectivity index (χ4v) is 3.10. The van der Waals surface area contributed by atoms with Crippen LogP contribution >= 0.6 is 0 Å². The molecule has 22 heavy (non-hydrogen) atoms. The van der Waals surface area contributed by atoms with Crippen molar-refractivity contribution in [3.63, 3.8) is 0 Å². The first-order chi connectivity index (χ1) is 10.2. The lowest BCUT2D eigenvalue weighted by Crippen LogP contribution is -2.50. The van der Waals surface area contributed by atoms with Gasteiger partial charge in [-0.25, -0.2) is 8.42 Å². The Kier molecular flexibility index (Phi) is 4.55. The summed E-state index contributed by atoms with van der Waals surface area (Å²) in [7, 11) is -3.35. The number of hydrogen-bond acceptors (Lipinski definition) is 4. The molecule has 0 aromatic heterocycles. The standard InChI is InChI=1S/C15H20N2O4S/c1-11-4-5-13(22(3,20)21)10-14(11)15(19)17-8-6-16(7-9-17)12(2)18/h4-5,10H,6-9H2,1-3H3. The zero-order valence-corrected chi connectivity index (χ0v) is 13.8. The van der Waals surface area contributed by atoms with Crippen molar-refractivity contribution in [2.24, 2.45) is 0 Å². The van der Waals surface area contributed by atoms with E-state index in [0.717, 1.165) is 11.8 Å². The molecule has 0 N–H and O–H groups in total. The molecule has 1 aromatic carbocycles. The van der Waals surface area contributed by atoms with E-state index in [0.29, 0.717) is 31.7 Å². The summed E-state index contributed by atoms with van der Waals surface area (Å²) in [6.45, 7) is 5.22. The van der Waals surface area contributed by atoms with Gasteiger partial charge in [-0.2, -0.15) is 0 Å². The Hall–Kier alpha value is -1.89. The van der Waals surface area contributed by atoms with Gasteiger partial charge in [0, 0.05) is 44.9 Å².